The van der Waals surface area contributed by atoms with E-state index in [1.54, 1.807) is 29.0 Å². The van der Waals surface area contributed by atoms with Gasteiger partial charge in [-0.15, -0.1) is 22.7 Å². The second-order valence-electron chi connectivity index (χ2n) is 7.14. The highest BCUT2D eigenvalue weighted by Crippen LogP contribution is 2.39. The Bertz CT molecular complexity index is 1110. The zero-order valence-electron chi connectivity index (χ0n) is 16.3. The van der Waals surface area contributed by atoms with E-state index in [0.717, 1.165) is 54.1 Å². The highest BCUT2D eigenvalue weighted by Gasteiger charge is 2.22. The Kier molecular flexibility index (Phi) is 5.86. The molecule has 0 bridgehead atoms. The van der Waals surface area contributed by atoms with Gasteiger partial charge in [0.15, 0.2) is 0 Å². The van der Waals surface area contributed by atoms with Crippen molar-refractivity contribution in [3.05, 3.63) is 58.5 Å². The van der Waals surface area contributed by atoms with Gasteiger partial charge in [0.25, 0.3) is 0 Å². The van der Waals surface area contributed by atoms with Crippen LogP contribution in [0.15, 0.2) is 53.5 Å². The number of benzene rings is 1. The normalized spacial score (nSPS) is 15.0. The molecule has 1 aromatic carbocycles. The molecule has 1 fully saturated rings. The summed E-state index contributed by atoms with van der Waals surface area (Å²) in [6, 6.07) is 11.8. The van der Waals surface area contributed by atoms with Gasteiger partial charge in [0, 0.05) is 53.6 Å². The van der Waals surface area contributed by atoms with Crippen molar-refractivity contribution in [1.29, 1.82) is 0 Å². The first kappa shape index (κ1) is 19.8. The van der Waals surface area contributed by atoms with Crippen molar-refractivity contribution < 1.29 is 4.74 Å². The number of thiophene rings is 2. The third kappa shape index (κ3) is 4.16. The summed E-state index contributed by atoms with van der Waals surface area (Å²) in [5, 5.41) is 6.24. The lowest BCUT2D eigenvalue weighted by atomic mass is 10.2. The Morgan fingerprint density at radius 3 is 2.60 bits per heavy atom. The summed E-state index contributed by atoms with van der Waals surface area (Å²) in [4.78, 5) is 16.4. The predicted octanol–water partition coefficient (Wildman–Crippen LogP) is 5.27. The van der Waals surface area contributed by atoms with Crippen LogP contribution in [0.4, 0.5) is 5.82 Å². The topological polar surface area (TPSA) is 41.5 Å². The monoisotopic (exact) mass is 456 g/mol. The van der Waals surface area contributed by atoms with E-state index in [0.29, 0.717) is 6.61 Å². The van der Waals surface area contributed by atoms with Gasteiger partial charge in [-0.25, -0.2) is 9.97 Å². The van der Waals surface area contributed by atoms with E-state index >= 15 is 0 Å². The van der Waals surface area contributed by atoms with Crippen molar-refractivity contribution in [3.63, 3.8) is 0 Å². The van der Waals surface area contributed by atoms with Crippen molar-refractivity contribution in [2.24, 2.45) is 0 Å². The van der Waals surface area contributed by atoms with Gasteiger partial charge in [0.1, 0.15) is 29.3 Å². The molecule has 4 heterocycles. The number of anilines is 1. The molecule has 0 atom stereocenters. The van der Waals surface area contributed by atoms with Gasteiger partial charge in [0.05, 0.1) is 5.39 Å². The molecule has 154 valence electrons. The number of hydrogen-bond donors (Lipinski definition) is 0. The Labute approximate surface area is 188 Å². The molecule has 0 spiro atoms. The number of aromatic nitrogens is 2. The maximum absolute atomic E-state index is 5.92. The number of hydrogen-bond acceptors (Lipinski definition) is 7. The van der Waals surface area contributed by atoms with Crippen LogP contribution < -0.4 is 9.64 Å². The summed E-state index contributed by atoms with van der Waals surface area (Å²) in [6.45, 7) is 5.47. The lowest BCUT2D eigenvalue weighted by Gasteiger charge is -2.35. The molecule has 5 nitrogen and oxygen atoms in total. The molecule has 0 amide bonds. The molecule has 0 unspecified atom stereocenters. The molecule has 0 aliphatic carbocycles. The molecule has 1 aliphatic rings. The van der Waals surface area contributed by atoms with E-state index in [2.05, 4.69) is 42.7 Å². The highest BCUT2D eigenvalue weighted by atomic mass is 35.5. The molecule has 1 saturated heterocycles. The fourth-order valence-corrected chi connectivity index (χ4v) is 5.57. The minimum atomic E-state index is 0.673. The smallest absolute Gasteiger partial charge is 0.141 e. The maximum Gasteiger partial charge on any atom is 0.141 e. The van der Waals surface area contributed by atoms with Crippen LogP contribution in [-0.2, 0) is 0 Å². The molecule has 8 heteroatoms. The molecule has 5 rings (SSSR count). The summed E-state index contributed by atoms with van der Waals surface area (Å²) in [6.07, 6.45) is 1.69. The summed E-state index contributed by atoms with van der Waals surface area (Å²) >= 11 is 9.38. The average molecular weight is 457 g/mol. The lowest BCUT2D eigenvalue weighted by Crippen LogP contribution is -2.47. The van der Waals surface area contributed by atoms with Crippen LogP contribution in [0.25, 0.3) is 20.7 Å². The first-order chi connectivity index (χ1) is 14.8. The van der Waals surface area contributed by atoms with Crippen LogP contribution in [0.2, 0.25) is 5.02 Å². The number of fused-ring (bicyclic) bond motifs is 1. The Balaban J connectivity index is 1.23. The maximum atomic E-state index is 5.92. The van der Waals surface area contributed by atoms with Crippen LogP contribution in [0, 0.1) is 0 Å². The van der Waals surface area contributed by atoms with Crippen molar-refractivity contribution in [1.82, 2.24) is 14.9 Å². The van der Waals surface area contributed by atoms with Crippen LogP contribution in [0.1, 0.15) is 0 Å². The summed E-state index contributed by atoms with van der Waals surface area (Å²) in [7, 11) is 0. The number of piperazine rings is 1. The summed E-state index contributed by atoms with van der Waals surface area (Å²) < 4.78 is 5.85. The Morgan fingerprint density at radius 2 is 1.83 bits per heavy atom. The lowest BCUT2D eigenvalue weighted by molar-refractivity contribution is 0.200. The van der Waals surface area contributed by atoms with E-state index in [9.17, 15) is 0 Å². The van der Waals surface area contributed by atoms with Gasteiger partial charge in [0.2, 0.25) is 0 Å². The van der Waals surface area contributed by atoms with Gasteiger partial charge in [-0.2, -0.15) is 0 Å². The van der Waals surface area contributed by atoms with E-state index in [1.807, 2.05) is 24.3 Å². The first-order valence-electron chi connectivity index (χ1n) is 9.90. The molecular weight excluding hydrogens is 436 g/mol. The van der Waals surface area contributed by atoms with Gasteiger partial charge < -0.3 is 9.64 Å². The number of nitrogens with zero attached hydrogens (tertiary/aromatic N) is 4. The molecule has 3 aromatic heterocycles. The minimum absolute atomic E-state index is 0.673. The zero-order valence-corrected chi connectivity index (χ0v) is 18.7. The fraction of sp³-hybridized carbons (Fsp3) is 0.273. The van der Waals surface area contributed by atoms with E-state index in [4.69, 9.17) is 16.3 Å². The molecule has 0 radical (unpaired) electrons. The molecule has 0 saturated carbocycles. The van der Waals surface area contributed by atoms with Crippen LogP contribution in [0.5, 0.6) is 5.75 Å². The quantitative estimate of drug-likeness (QED) is 0.395. The fourth-order valence-electron chi connectivity index (χ4n) is 3.72. The van der Waals surface area contributed by atoms with Crippen LogP contribution in [-0.4, -0.2) is 54.2 Å². The van der Waals surface area contributed by atoms with Crippen molar-refractivity contribution >= 4 is 50.3 Å². The standard InChI is InChI=1S/C22H21ClN4OS2/c23-16-3-5-17(6-4-16)28-12-11-26-7-9-27(10-8-26)21-20-18(19-2-1-13-29-19)14-30-22(20)25-15-24-21/h1-6,13-15H,7-12H2. The average Bonchev–Trinajstić information content (AvgIpc) is 3.45. The van der Waals surface area contributed by atoms with Crippen LogP contribution >= 0.6 is 34.3 Å². The van der Waals surface area contributed by atoms with Crippen LogP contribution in [0.3, 0.4) is 0 Å². The third-order valence-electron chi connectivity index (χ3n) is 5.30. The number of halogens is 1. The minimum Gasteiger partial charge on any atom is -0.492 e. The second kappa shape index (κ2) is 8.89. The third-order valence-corrected chi connectivity index (χ3v) is 7.34. The Hall–Kier alpha value is -2.19. The van der Waals surface area contributed by atoms with Gasteiger partial charge in [-0.1, -0.05) is 17.7 Å². The first-order valence-corrected chi connectivity index (χ1v) is 12.0. The van der Waals surface area contributed by atoms with Crippen molar-refractivity contribution in [3.8, 4) is 16.2 Å². The number of rotatable bonds is 6. The molecule has 30 heavy (non-hydrogen) atoms. The zero-order chi connectivity index (χ0) is 20.3. The van der Waals surface area contributed by atoms with E-state index in [1.165, 1.54) is 15.8 Å². The van der Waals surface area contributed by atoms with E-state index in [-0.39, 0.29) is 0 Å². The van der Waals surface area contributed by atoms with Crippen molar-refractivity contribution in [2.45, 2.75) is 0 Å². The van der Waals surface area contributed by atoms with Crippen molar-refractivity contribution in [2.75, 3.05) is 44.2 Å². The molecular formula is C22H21ClN4OS2. The number of ether oxygens (including phenoxy) is 1. The van der Waals surface area contributed by atoms with Gasteiger partial charge in [-0.05, 0) is 35.7 Å². The molecule has 0 N–H and O–H groups in total. The Morgan fingerprint density at radius 1 is 1.00 bits per heavy atom. The highest BCUT2D eigenvalue weighted by molar-refractivity contribution is 7.18. The molecule has 4 aromatic rings. The van der Waals surface area contributed by atoms with E-state index < -0.39 is 0 Å². The second-order valence-corrected chi connectivity index (χ2v) is 9.38. The van der Waals surface area contributed by atoms with Gasteiger partial charge >= 0.3 is 0 Å². The SMILES string of the molecule is Clc1ccc(OCCN2CCN(c3ncnc4scc(-c5cccs5)c34)CC2)cc1. The summed E-state index contributed by atoms with van der Waals surface area (Å²) in [5.41, 5.74) is 1.25. The largest absolute Gasteiger partial charge is 0.492 e. The predicted molar refractivity (Wildman–Crippen MR) is 126 cm³/mol. The van der Waals surface area contributed by atoms with Gasteiger partial charge in [-0.3, -0.25) is 4.90 Å². The summed E-state index contributed by atoms with van der Waals surface area (Å²) in [5.74, 6) is 1.92. The molecule has 1 aliphatic heterocycles.